The molecule has 0 bridgehead atoms. The summed E-state index contributed by atoms with van der Waals surface area (Å²) in [4.78, 5) is 0. The Balaban J connectivity index is 1.92. The van der Waals surface area contributed by atoms with Gasteiger partial charge in [0.1, 0.15) is 0 Å². The average Bonchev–Trinajstić information content (AvgIpc) is 2.52. The zero-order chi connectivity index (χ0) is 13.9. The molecule has 104 valence electrons. The summed E-state index contributed by atoms with van der Waals surface area (Å²) in [5.74, 6) is 0. The van der Waals surface area contributed by atoms with Gasteiger partial charge in [-0.1, -0.05) is 55.5 Å². The number of fused-ring (bicyclic) bond motifs is 3. The summed E-state index contributed by atoms with van der Waals surface area (Å²) in [5.41, 5.74) is 5.39. The highest BCUT2D eigenvalue weighted by atomic mass is 16.3. The van der Waals surface area contributed by atoms with Crippen molar-refractivity contribution in [1.82, 2.24) is 5.32 Å². The maximum atomic E-state index is 9.77. The first-order chi connectivity index (χ1) is 9.79. The Kier molecular flexibility index (Phi) is 3.86. The molecule has 2 unspecified atom stereocenters. The Labute approximate surface area is 120 Å². The fraction of sp³-hybridized carbons (Fsp3) is 0.333. The predicted octanol–water partition coefficient (Wildman–Crippen LogP) is 3.31. The van der Waals surface area contributed by atoms with Gasteiger partial charge in [-0.15, -0.1) is 0 Å². The molecule has 0 fully saturated rings. The van der Waals surface area contributed by atoms with E-state index in [1.54, 1.807) is 0 Å². The van der Waals surface area contributed by atoms with Gasteiger partial charge in [0.15, 0.2) is 0 Å². The molecule has 2 N–H and O–H groups in total. The lowest BCUT2D eigenvalue weighted by atomic mass is 9.82. The van der Waals surface area contributed by atoms with Crippen LogP contribution in [0.1, 0.15) is 30.5 Å². The Morgan fingerprint density at radius 3 is 2.60 bits per heavy atom. The Morgan fingerprint density at radius 2 is 1.80 bits per heavy atom. The van der Waals surface area contributed by atoms with E-state index in [1.165, 1.54) is 22.3 Å². The number of aliphatic hydroxyl groups is 1. The van der Waals surface area contributed by atoms with Crippen molar-refractivity contribution in [1.29, 1.82) is 0 Å². The molecule has 0 saturated carbocycles. The number of rotatable bonds is 4. The van der Waals surface area contributed by atoms with Crippen molar-refractivity contribution in [2.75, 3.05) is 6.54 Å². The number of hydrogen-bond acceptors (Lipinski definition) is 2. The van der Waals surface area contributed by atoms with Crippen LogP contribution in [0.2, 0.25) is 0 Å². The topological polar surface area (TPSA) is 32.3 Å². The molecule has 1 aliphatic carbocycles. The van der Waals surface area contributed by atoms with Crippen molar-refractivity contribution >= 4 is 0 Å². The fourth-order valence-electron chi connectivity index (χ4n) is 2.94. The Bertz CT molecular complexity index is 593. The SMILES string of the molecule is CCC(O)CNC1Cc2ccccc2-c2ccccc21. The van der Waals surface area contributed by atoms with Crippen molar-refractivity contribution in [2.45, 2.75) is 31.9 Å². The van der Waals surface area contributed by atoms with Gasteiger partial charge < -0.3 is 10.4 Å². The molecule has 1 aliphatic rings. The van der Waals surface area contributed by atoms with Gasteiger partial charge in [-0.05, 0) is 35.1 Å². The van der Waals surface area contributed by atoms with E-state index < -0.39 is 0 Å². The zero-order valence-corrected chi connectivity index (χ0v) is 11.8. The largest absolute Gasteiger partial charge is 0.392 e. The molecule has 2 nitrogen and oxygen atoms in total. The second kappa shape index (κ2) is 5.78. The van der Waals surface area contributed by atoms with Crippen LogP contribution < -0.4 is 5.32 Å². The number of hydrogen-bond donors (Lipinski definition) is 2. The van der Waals surface area contributed by atoms with E-state index in [0.29, 0.717) is 12.6 Å². The summed E-state index contributed by atoms with van der Waals surface area (Å²) < 4.78 is 0. The molecule has 0 aliphatic heterocycles. The minimum Gasteiger partial charge on any atom is -0.392 e. The van der Waals surface area contributed by atoms with Crippen LogP contribution >= 0.6 is 0 Å². The monoisotopic (exact) mass is 267 g/mol. The third-order valence-corrected chi connectivity index (χ3v) is 4.14. The minimum atomic E-state index is -0.265. The molecule has 0 radical (unpaired) electrons. The second-order valence-electron chi connectivity index (χ2n) is 5.47. The van der Waals surface area contributed by atoms with Crippen molar-refractivity contribution in [2.24, 2.45) is 0 Å². The van der Waals surface area contributed by atoms with Gasteiger partial charge in [-0.2, -0.15) is 0 Å². The smallest absolute Gasteiger partial charge is 0.0662 e. The van der Waals surface area contributed by atoms with Crippen LogP contribution in [0.15, 0.2) is 48.5 Å². The molecule has 0 amide bonds. The maximum Gasteiger partial charge on any atom is 0.0662 e. The number of nitrogens with one attached hydrogen (secondary N) is 1. The van der Waals surface area contributed by atoms with E-state index in [4.69, 9.17) is 0 Å². The van der Waals surface area contributed by atoms with Gasteiger partial charge in [0.2, 0.25) is 0 Å². The van der Waals surface area contributed by atoms with Crippen LogP contribution in [0.5, 0.6) is 0 Å². The molecule has 0 saturated heterocycles. The van der Waals surface area contributed by atoms with Crippen LogP contribution in [0.25, 0.3) is 11.1 Å². The van der Waals surface area contributed by atoms with Crippen LogP contribution in [0, 0.1) is 0 Å². The van der Waals surface area contributed by atoms with E-state index >= 15 is 0 Å². The van der Waals surface area contributed by atoms with Gasteiger partial charge in [0.05, 0.1) is 6.10 Å². The van der Waals surface area contributed by atoms with Crippen LogP contribution in [-0.4, -0.2) is 17.8 Å². The number of aliphatic hydroxyl groups excluding tert-OH is 1. The quantitative estimate of drug-likeness (QED) is 0.890. The summed E-state index contributed by atoms with van der Waals surface area (Å²) in [7, 11) is 0. The number of benzene rings is 2. The highest BCUT2D eigenvalue weighted by Crippen LogP contribution is 2.38. The molecule has 0 heterocycles. The van der Waals surface area contributed by atoms with E-state index in [2.05, 4.69) is 53.8 Å². The third-order valence-electron chi connectivity index (χ3n) is 4.14. The summed E-state index contributed by atoms with van der Waals surface area (Å²) in [6, 6.07) is 17.5. The second-order valence-corrected chi connectivity index (χ2v) is 5.47. The maximum absolute atomic E-state index is 9.77. The van der Waals surface area contributed by atoms with Gasteiger partial charge in [-0.3, -0.25) is 0 Å². The fourth-order valence-corrected chi connectivity index (χ4v) is 2.94. The highest BCUT2D eigenvalue weighted by Gasteiger charge is 2.23. The Morgan fingerprint density at radius 1 is 1.10 bits per heavy atom. The first-order valence-electron chi connectivity index (χ1n) is 7.38. The van der Waals surface area contributed by atoms with Crippen LogP contribution in [0.3, 0.4) is 0 Å². The molecular weight excluding hydrogens is 246 g/mol. The molecule has 20 heavy (non-hydrogen) atoms. The van der Waals surface area contributed by atoms with Gasteiger partial charge in [-0.25, -0.2) is 0 Å². The zero-order valence-electron chi connectivity index (χ0n) is 11.8. The molecule has 3 rings (SSSR count). The molecule has 2 heteroatoms. The summed E-state index contributed by atoms with van der Waals surface area (Å²) in [6.45, 7) is 2.66. The lowest BCUT2D eigenvalue weighted by molar-refractivity contribution is 0.162. The molecule has 2 aromatic carbocycles. The lowest BCUT2D eigenvalue weighted by Crippen LogP contribution is -2.32. The predicted molar refractivity (Wildman–Crippen MR) is 82.6 cm³/mol. The van der Waals surface area contributed by atoms with E-state index in [0.717, 1.165) is 12.8 Å². The summed E-state index contributed by atoms with van der Waals surface area (Å²) in [5, 5.41) is 13.3. The first kappa shape index (κ1) is 13.3. The van der Waals surface area contributed by atoms with Crippen LogP contribution in [-0.2, 0) is 6.42 Å². The summed E-state index contributed by atoms with van der Waals surface area (Å²) >= 11 is 0. The molecule has 2 atom stereocenters. The first-order valence-corrected chi connectivity index (χ1v) is 7.38. The van der Waals surface area contributed by atoms with E-state index in [-0.39, 0.29) is 6.10 Å². The third kappa shape index (κ3) is 2.49. The van der Waals surface area contributed by atoms with Gasteiger partial charge in [0, 0.05) is 12.6 Å². The van der Waals surface area contributed by atoms with E-state index in [9.17, 15) is 5.11 Å². The average molecular weight is 267 g/mol. The van der Waals surface area contributed by atoms with Crippen molar-refractivity contribution in [3.05, 3.63) is 59.7 Å². The minimum absolute atomic E-state index is 0.265. The van der Waals surface area contributed by atoms with Gasteiger partial charge >= 0.3 is 0 Å². The van der Waals surface area contributed by atoms with Crippen molar-refractivity contribution < 1.29 is 5.11 Å². The standard InChI is InChI=1S/C18H21NO/c1-2-14(20)12-19-18-11-13-7-3-4-8-15(13)16-9-5-6-10-17(16)18/h3-10,14,18-20H,2,11-12H2,1H3. The molecule has 0 aromatic heterocycles. The van der Waals surface area contributed by atoms with Crippen LogP contribution in [0.4, 0.5) is 0 Å². The molecule has 2 aromatic rings. The molecule has 0 spiro atoms. The summed E-state index contributed by atoms with van der Waals surface area (Å²) in [6.07, 6.45) is 1.51. The molecular formula is C18H21NO. The van der Waals surface area contributed by atoms with Crippen molar-refractivity contribution in [3.63, 3.8) is 0 Å². The van der Waals surface area contributed by atoms with Gasteiger partial charge in [0.25, 0.3) is 0 Å². The normalized spacial score (nSPS) is 18.2. The highest BCUT2D eigenvalue weighted by molar-refractivity contribution is 5.73. The van der Waals surface area contributed by atoms with Crippen molar-refractivity contribution in [3.8, 4) is 11.1 Å². The van der Waals surface area contributed by atoms with E-state index in [1.807, 2.05) is 6.92 Å². The lowest BCUT2D eigenvalue weighted by Gasteiger charge is -2.29. The Hall–Kier alpha value is -1.64.